The maximum atomic E-state index is 14.3. The molecular weight excluding hydrogens is 331 g/mol. The second-order valence-corrected chi connectivity index (χ2v) is 6.08. The van der Waals surface area contributed by atoms with Crippen LogP contribution in [0.15, 0.2) is 36.4 Å². The van der Waals surface area contributed by atoms with E-state index in [1.165, 1.54) is 24.0 Å². The molecule has 1 heterocycles. The van der Waals surface area contributed by atoms with Crippen LogP contribution in [0.4, 0.5) is 15.8 Å². The van der Waals surface area contributed by atoms with Gasteiger partial charge < -0.3 is 10.2 Å². The summed E-state index contributed by atoms with van der Waals surface area (Å²) in [5.74, 6) is -0.917. The van der Waals surface area contributed by atoms with Crippen molar-refractivity contribution in [3.8, 4) is 0 Å². The Kier molecular flexibility index (Phi) is 4.53. The molecule has 0 radical (unpaired) electrons. The highest BCUT2D eigenvalue weighted by Crippen LogP contribution is 2.35. The Hall–Kier alpha value is -2.40. The van der Waals surface area contributed by atoms with Crippen molar-refractivity contribution in [3.63, 3.8) is 0 Å². The number of halogens is 2. The Morgan fingerprint density at radius 1 is 1.17 bits per heavy atom. The van der Waals surface area contributed by atoms with Crippen LogP contribution < -0.4 is 10.2 Å². The number of benzene rings is 2. The second kappa shape index (κ2) is 6.61. The molecule has 1 N–H and O–H groups in total. The number of carbonyl (C=O) groups excluding carboxylic acids is 2. The summed E-state index contributed by atoms with van der Waals surface area (Å²) in [4.78, 5) is 25.3. The molecule has 1 aliphatic rings. The van der Waals surface area contributed by atoms with E-state index in [0.29, 0.717) is 34.8 Å². The van der Waals surface area contributed by atoms with Crippen molar-refractivity contribution in [2.75, 3.05) is 16.8 Å². The number of hydrogen-bond acceptors (Lipinski definition) is 2. The largest absolute Gasteiger partial charge is 0.326 e. The number of nitrogens with zero attached hydrogens (tertiary/aromatic N) is 1. The van der Waals surface area contributed by atoms with Crippen LogP contribution in [0, 0.1) is 5.82 Å². The van der Waals surface area contributed by atoms with E-state index in [-0.39, 0.29) is 17.5 Å². The summed E-state index contributed by atoms with van der Waals surface area (Å²) in [6.07, 6.45) is 1.38. The average Bonchev–Trinajstić information content (AvgIpc) is 2.57. The van der Waals surface area contributed by atoms with Gasteiger partial charge in [0.2, 0.25) is 5.91 Å². The summed E-state index contributed by atoms with van der Waals surface area (Å²) in [5.41, 5.74) is 1.97. The molecule has 2 aromatic carbocycles. The van der Waals surface area contributed by atoms with Crippen LogP contribution in [0.2, 0.25) is 5.02 Å². The monoisotopic (exact) mass is 346 g/mol. The summed E-state index contributed by atoms with van der Waals surface area (Å²) < 4.78 is 14.3. The molecule has 24 heavy (non-hydrogen) atoms. The van der Waals surface area contributed by atoms with Crippen LogP contribution >= 0.6 is 11.6 Å². The molecule has 2 aromatic rings. The lowest BCUT2D eigenvalue weighted by molar-refractivity contribution is -0.114. The van der Waals surface area contributed by atoms with Gasteiger partial charge in [0, 0.05) is 29.7 Å². The van der Waals surface area contributed by atoms with Crippen molar-refractivity contribution in [2.45, 2.75) is 19.8 Å². The SMILES string of the molecule is CC(=O)Nc1ccc(C(=O)N2CCCc3c(Cl)ccc(F)c32)cc1. The van der Waals surface area contributed by atoms with E-state index in [1.807, 2.05) is 0 Å². The van der Waals surface area contributed by atoms with Gasteiger partial charge in [-0.2, -0.15) is 0 Å². The molecule has 0 aromatic heterocycles. The minimum Gasteiger partial charge on any atom is -0.326 e. The van der Waals surface area contributed by atoms with Gasteiger partial charge in [0.1, 0.15) is 5.82 Å². The third-order valence-corrected chi connectivity index (χ3v) is 4.31. The van der Waals surface area contributed by atoms with E-state index in [9.17, 15) is 14.0 Å². The fraction of sp³-hybridized carbons (Fsp3) is 0.222. The molecule has 0 spiro atoms. The Labute approximate surface area is 144 Å². The van der Waals surface area contributed by atoms with Gasteiger partial charge in [0.05, 0.1) is 5.69 Å². The normalized spacial score (nSPS) is 13.4. The van der Waals surface area contributed by atoms with Crippen LogP contribution in [0.25, 0.3) is 0 Å². The van der Waals surface area contributed by atoms with E-state index in [1.54, 1.807) is 24.3 Å². The van der Waals surface area contributed by atoms with Crippen molar-refractivity contribution in [1.29, 1.82) is 0 Å². The van der Waals surface area contributed by atoms with Gasteiger partial charge in [-0.25, -0.2) is 4.39 Å². The van der Waals surface area contributed by atoms with E-state index in [2.05, 4.69) is 5.32 Å². The molecule has 0 fully saturated rings. The molecule has 6 heteroatoms. The predicted molar refractivity (Wildman–Crippen MR) is 92.2 cm³/mol. The topological polar surface area (TPSA) is 49.4 Å². The van der Waals surface area contributed by atoms with Crippen LogP contribution in [0.3, 0.4) is 0 Å². The number of anilines is 2. The molecule has 124 valence electrons. The molecule has 2 amide bonds. The zero-order chi connectivity index (χ0) is 17.3. The molecule has 0 saturated heterocycles. The molecule has 4 nitrogen and oxygen atoms in total. The number of fused-ring (bicyclic) bond motifs is 1. The minimum absolute atomic E-state index is 0.184. The standard InChI is InChI=1S/C18H16ClFN2O2/c1-11(23)21-13-6-4-12(5-7-13)18(24)22-10-2-3-14-15(19)8-9-16(20)17(14)22/h4-9H,2-3,10H2,1H3,(H,21,23). The molecule has 1 aliphatic heterocycles. The van der Waals surface area contributed by atoms with Crippen molar-refractivity contribution < 1.29 is 14.0 Å². The summed E-state index contributed by atoms with van der Waals surface area (Å²) in [6, 6.07) is 9.33. The maximum absolute atomic E-state index is 14.3. The molecular formula is C18H16ClFN2O2. The van der Waals surface area contributed by atoms with Crippen LogP contribution in [-0.2, 0) is 11.2 Å². The Bertz CT molecular complexity index is 805. The third-order valence-electron chi connectivity index (χ3n) is 3.95. The fourth-order valence-electron chi connectivity index (χ4n) is 2.90. The van der Waals surface area contributed by atoms with Gasteiger partial charge in [-0.15, -0.1) is 0 Å². The van der Waals surface area contributed by atoms with Crippen LogP contribution in [0.1, 0.15) is 29.3 Å². The number of hydrogen-bond donors (Lipinski definition) is 1. The quantitative estimate of drug-likeness (QED) is 0.892. The molecule has 0 bridgehead atoms. The summed E-state index contributed by atoms with van der Waals surface area (Å²) in [6.45, 7) is 1.85. The highest BCUT2D eigenvalue weighted by molar-refractivity contribution is 6.32. The van der Waals surface area contributed by atoms with Crippen molar-refractivity contribution in [1.82, 2.24) is 0 Å². The Morgan fingerprint density at radius 2 is 1.88 bits per heavy atom. The van der Waals surface area contributed by atoms with Gasteiger partial charge in [-0.1, -0.05) is 11.6 Å². The van der Waals surface area contributed by atoms with Crippen molar-refractivity contribution >= 4 is 34.8 Å². The molecule has 3 rings (SSSR count). The van der Waals surface area contributed by atoms with Gasteiger partial charge in [-0.05, 0) is 54.8 Å². The number of nitrogens with one attached hydrogen (secondary N) is 1. The van der Waals surface area contributed by atoms with Gasteiger partial charge >= 0.3 is 0 Å². The molecule has 0 unspecified atom stereocenters. The first-order chi connectivity index (χ1) is 11.5. The summed E-state index contributed by atoms with van der Waals surface area (Å²) in [7, 11) is 0. The number of carbonyl (C=O) groups is 2. The van der Waals surface area contributed by atoms with E-state index >= 15 is 0 Å². The lowest BCUT2D eigenvalue weighted by Crippen LogP contribution is -2.36. The summed E-state index contributed by atoms with van der Waals surface area (Å²) >= 11 is 6.15. The lowest BCUT2D eigenvalue weighted by atomic mass is 10.00. The van der Waals surface area contributed by atoms with E-state index < -0.39 is 5.82 Å². The van der Waals surface area contributed by atoms with E-state index in [4.69, 9.17) is 11.6 Å². The molecule has 0 aliphatic carbocycles. The minimum atomic E-state index is -0.447. The molecule has 0 saturated carbocycles. The second-order valence-electron chi connectivity index (χ2n) is 5.68. The first kappa shape index (κ1) is 16.5. The number of amides is 2. The highest BCUT2D eigenvalue weighted by atomic mass is 35.5. The van der Waals surface area contributed by atoms with Crippen molar-refractivity contribution in [2.24, 2.45) is 0 Å². The van der Waals surface area contributed by atoms with Crippen LogP contribution in [0.5, 0.6) is 0 Å². The fourth-order valence-corrected chi connectivity index (χ4v) is 3.14. The van der Waals surface area contributed by atoms with Crippen LogP contribution in [-0.4, -0.2) is 18.4 Å². The average molecular weight is 347 g/mol. The third kappa shape index (κ3) is 3.12. The highest BCUT2D eigenvalue weighted by Gasteiger charge is 2.28. The maximum Gasteiger partial charge on any atom is 0.258 e. The first-order valence-electron chi connectivity index (χ1n) is 7.64. The zero-order valence-corrected chi connectivity index (χ0v) is 13.9. The Balaban J connectivity index is 1.92. The van der Waals surface area contributed by atoms with Crippen molar-refractivity contribution in [3.05, 3.63) is 58.4 Å². The van der Waals surface area contributed by atoms with E-state index in [0.717, 1.165) is 6.42 Å². The first-order valence-corrected chi connectivity index (χ1v) is 8.01. The number of rotatable bonds is 2. The molecule has 0 atom stereocenters. The van der Waals surface area contributed by atoms with Gasteiger partial charge in [0.25, 0.3) is 5.91 Å². The smallest absolute Gasteiger partial charge is 0.258 e. The zero-order valence-electron chi connectivity index (χ0n) is 13.1. The van der Waals surface area contributed by atoms with Gasteiger partial charge in [-0.3, -0.25) is 9.59 Å². The predicted octanol–water partition coefficient (Wildman–Crippen LogP) is 4.03. The van der Waals surface area contributed by atoms with Gasteiger partial charge in [0.15, 0.2) is 0 Å². The summed E-state index contributed by atoms with van der Waals surface area (Å²) in [5, 5.41) is 3.12. The Morgan fingerprint density at radius 3 is 2.54 bits per heavy atom. The lowest BCUT2D eigenvalue weighted by Gasteiger charge is -2.30.